The van der Waals surface area contributed by atoms with E-state index in [-0.39, 0.29) is 5.91 Å². The Hall–Kier alpha value is -1.02. The van der Waals surface area contributed by atoms with Crippen molar-refractivity contribution in [2.75, 3.05) is 17.3 Å². The highest BCUT2D eigenvalue weighted by atomic mass is 35.5. The molecule has 0 unspecified atom stereocenters. The van der Waals surface area contributed by atoms with Gasteiger partial charge in [0.25, 0.3) is 0 Å². The van der Waals surface area contributed by atoms with Crippen molar-refractivity contribution in [3.05, 3.63) is 30.3 Å². The molecule has 1 aromatic carbocycles. The van der Waals surface area contributed by atoms with Crippen LogP contribution in [-0.2, 0) is 4.79 Å². The number of rotatable bonds is 3. The molecule has 0 heterocycles. The molecule has 0 saturated heterocycles. The first-order valence-corrected chi connectivity index (χ1v) is 4.68. The molecule has 0 N–H and O–H groups in total. The molecule has 1 aromatic rings. The Morgan fingerprint density at radius 1 is 1.38 bits per heavy atom. The second-order valence-corrected chi connectivity index (χ2v) is 3.07. The Bertz CT molecular complexity index is 274. The summed E-state index contributed by atoms with van der Waals surface area (Å²) in [5.74, 6) is 0.473. The van der Waals surface area contributed by atoms with Crippen molar-refractivity contribution >= 4 is 23.2 Å². The molecule has 3 heteroatoms. The highest BCUT2D eigenvalue weighted by Crippen LogP contribution is 2.12. The van der Waals surface area contributed by atoms with Crippen molar-refractivity contribution in [2.45, 2.75) is 6.92 Å². The predicted molar refractivity (Wildman–Crippen MR) is 55.2 cm³/mol. The van der Waals surface area contributed by atoms with Gasteiger partial charge in [-0.15, -0.1) is 11.6 Å². The van der Waals surface area contributed by atoms with Crippen molar-refractivity contribution < 1.29 is 4.79 Å². The first-order chi connectivity index (χ1) is 6.25. The van der Waals surface area contributed by atoms with Crippen molar-refractivity contribution in [1.82, 2.24) is 0 Å². The van der Waals surface area contributed by atoms with Crippen LogP contribution < -0.4 is 4.90 Å². The monoisotopic (exact) mass is 197 g/mol. The van der Waals surface area contributed by atoms with Crippen LogP contribution in [0.25, 0.3) is 0 Å². The summed E-state index contributed by atoms with van der Waals surface area (Å²) in [4.78, 5) is 12.9. The largest absolute Gasteiger partial charge is 0.311 e. The van der Waals surface area contributed by atoms with Crippen molar-refractivity contribution in [2.24, 2.45) is 0 Å². The third-order valence-corrected chi connectivity index (χ3v) is 1.93. The lowest BCUT2D eigenvalue weighted by molar-refractivity contribution is -0.116. The molecular weight excluding hydrogens is 186 g/mol. The molecule has 0 bridgehead atoms. The highest BCUT2D eigenvalue weighted by Gasteiger charge is 2.08. The molecule has 0 atom stereocenters. The SMILES string of the molecule is CC(=O)N(CCCl)c1ccccc1. The van der Waals surface area contributed by atoms with E-state index in [1.165, 1.54) is 0 Å². The van der Waals surface area contributed by atoms with Gasteiger partial charge in [0.1, 0.15) is 0 Å². The maximum atomic E-state index is 11.2. The summed E-state index contributed by atoms with van der Waals surface area (Å²) in [6, 6.07) is 9.52. The quantitative estimate of drug-likeness (QED) is 0.681. The zero-order valence-corrected chi connectivity index (χ0v) is 8.29. The van der Waals surface area contributed by atoms with Gasteiger partial charge in [0.15, 0.2) is 0 Å². The lowest BCUT2D eigenvalue weighted by Crippen LogP contribution is -2.30. The van der Waals surface area contributed by atoms with Crippen LogP contribution >= 0.6 is 11.6 Å². The second-order valence-electron chi connectivity index (χ2n) is 2.70. The minimum atomic E-state index is 0.0202. The summed E-state index contributed by atoms with van der Waals surface area (Å²) < 4.78 is 0. The van der Waals surface area contributed by atoms with Crippen LogP contribution in [0.1, 0.15) is 6.92 Å². The number of para-hydroxylation sites is 1. The van der Waals surface area contributed by atoms with Crippen molar-refractivity contribution in [3.8, 4) is 0 Å². The molecule has 0 radical (unpaired) electrons. The number of hydrogen-bond acceptors (Lipinski definition) is 1. The molecular formula is C10H12ClNO. The lowest BCUT2D eigenvalue weighted by Gasteiger charge is -2.19. The van der Waals surface area contributed by atoms with E-state index in [9.17, 15) is 4.79 Å². The first-order valence-electron chi connectivity index (χ1n) is 4.15. The fourth-order valence-corrected chi connectivity index (χ4v) is 1.33. The maximum absolute atomic E-state index is 11.2. The summed E-state index contributed by atoms with van der Waals surface area (Å²) in [5, 5.41) is 0. The standard InChI is InChI=1S/C10H12ClNO/c1-9(13)12(8-7-11)10-5-3-2-4-6-10/h2-6H,7-8H2,1H3. The van der Waals surface area contributed by atoms with Crippen molar-refractivity contribution in [3.63, 3.8) is 0 Å². The molecule has 0 aliphatic rings. The molecule has 0 aromatic heterocycles. The number of alkyl halides is 1. The number of benzene rings is 1. The molecule has 70 valence electrons. The lowest BCUT2D eigenvalue weighted by atomic mass is 10.3. The smallest absolute Gasteiger partial charge is 0.223 e. The molecule has 1 amide bonds. The molecule has 0 spiro atoms. The topological polar surface area (TPSA) is 20.3 Å². The van der Waals surface area contributed by atoms with E-state index in [0.29, 0.717) is 12.4 Å². The van der Waals surface area contributed by atoms with E-state index in [4.69, 9.17) is 11.6 Å². The molecule has 0 fully saturated rings. The zero-order chi connectivity index (χ0) is 9.68. The number of carbonyl (C=O) groups excluding carboxylic acids is 1. The van der Waals surface area contributed by atoms with Gasteiger partial charge < -0.3 is 4.90 Å². The van der Waals surface area contributed by atoms with E-state index < -0.39 is 0 Å². The van der Waals surface area contributed by atoms with E-state index in [0.717, 1.165) is 5.69 Å². The highest BCUT2D eigenvalue weighted by molar-refractivity contribution is 6.18. The summed E-state index contributed by atoms with van der Waals surface area (Å²) in [5.41, 5.74) is 0.899. The van der Waals surface area contributed by atoms with E-state index in [1.807, 2.05) is 30.3 Å². The number of anilines is 1. The maximum Gasteiger partial charge on any atom is 0.223 e. The van der Waals surface area contributed by atoms with Crippen LogP contribution in [-0.4, -0.2) is 18.3 Å². The van der Waals surface area contributed by atoms with Gasteiger partial charge in [-0.25, -0.2) is 0 Å². The van der Waals surface area contributed by atoms with E-state index in [1.54, 1.807) is 11.8 Å². The van der Waals surface area contributed by atoms with Crippen LogP contribution in [0.2, 0.25) is 0 Å². The van der Waals surface area contributed by atoms with Gasteiger partial charge in [0, 0.05) is 25.0 Å². The number of nitrogens with zero attached hydrogens (tertiary/aromatic N) is 1. The molecule has 0 aliphatic heterocycles. The van der Waals surface area contributed by atoms with Gasteiger partial charge in [-0.3, -0.25) is 4.79 Å². The van der Waals surface area contributed by atoms with Gasteiger partial charge in [-0.2, -0.15) is 0 Å². The average molecular weight is 198 g/mol. The van der Waals surface area contributed by atoms with Gasteiger partial charge in [-0.1, -0.05) is 18.2 Å². The normalized spacial score (nSPS) is 9.69. The summed E-state index contributed by atoms with van der Waals surface area (Å²) in [6.07, 6.45) is 0. The van der Waals surface area contributed by atoms with Crippen LogP contribution in [0.4, 0.5) is 5.69 Å². The molecule has 13 heavy (non-hydrogen) atoms. The van der Waals surface area contributed by atoms with Gasteiger partial charge in [-0.05, 0) is 12.1 Å². The third kappa shape index (κ3) is 2.74. The Kier molecular flexibility index (Phi) is 3.77. The van der Waals surface area contributed by atoms with Crippen LogP contribution in [0.3, 0.4) is 0 Å². The number of carbonyl (C=O) groups is 1. The minimum absolute atomic E-state index is 0.0202. The summed E-state index contributed by atoms with van der Waals surface area (Å²) in [6.45, 7) is 2.10. The average Bonchev–Trinajstić information content (AvgIpc) is 2.15. The predicted octanol–water partition coefficient (Wildman–Crippen LogP) is 2.28. The zero-order valence-electron chi connectivity index (χ0n) is 7.53. The third-order valence-electron chi connectivity index (χ3n) is 1.76. The Morgan fingerprint density at radius 2 is 2.00 bits per heavy atom. The Balaban J connectivity index is 2.82. The number of halogens is 1. The fourth-order valence-electron chi connectivity index (χ4n) is 1.16. The van der Waals surface area contributed by atoms with Crippen LogP contribution in [0, 0.1) is 0 Å². The van der Waals surface area contributed by atoms with Gasteiger partial charge in [0.05, 0.1) is 0 Å². The van der Waals surface area contributed by atoms with Gasteiger partial charge in [0.2, 0.25) is 5.91 Å². The van der Waals surface area contributed by atoms with Gasteiger partial charge >= 0.3 is 0 Å². The summed E-state index contributed by atoms with van der Waals surface area (Å²) >= 11 is 5.60. The van der Waals surface area contributed by atoms with Crippen molar-refractivity contribution in [1.29, 1.82) is 0 Å². The molecule has 0 saturated carbocycles. The van der Waals surface area contributed by atoms with Crippen LogP contribution in [0.5, 0.6) is 0 Å². The molecule has 1 rings (SSSR count). The molecule has 0 aliphatic carbocycles. The Labute approximate surface area is 83.1 Å². The first kappa shape index (κ1) is 10.1. The summed E-state index contributed by atoms with van der Waals surface area (Å²) in [7, 11) is 0. The minimum Gasteiger partial charge on any atom is -0.311 e. The second kappa shape index (κ2) is 4.87. The number of amides is 1. The van der Waals surface area contributed by atoms with E-state index in [2.05, 4.69) is 0 Å². The van der Waals surface area contributed by atoms with E-state index >= 15 is 0 Å². The molecule has 2 nitrogen and oxygen atoms in total. The number of hydrogen-bond donors (Lipinski definition) is 0. The van der Waals surface area contributed by atoms with Crippen LogP contribution in [0.15, 0.2) is 30.3 Å². The fraction of sp³-hybridized carbons (Fsp3) is 0.300. The Morgan fingerprint density at radius 3 is 2.46 bits per heavy atom.